The number of hydrogen-bond donors (Lipinski definition) is 1. The SMILES string of the molecule is N#Cc1cc(NC(=O)Cn2nc(N3CCCCC3)ccc2=O)ccn1. The molecule has 0 aromatic carbocycles. The second-order valence-electron chi connectivity index (χ2n) is 5.82. The molecule has 1 aliphatic heterocycles. The van der Waals surface area contributed by atoms with E-state index in [0.29, 0.717) is 11.5 Å². The van der Waals surface area contributed by atoms with Crippen LogP contribution in [-0.4, -0.2) is 33.8 Å². The van der Waals surface area contributed by atoms with Gasteiger partial charge < -0.3 is 10.2 Å². The maximum absolute atomic E-state index is 12.2. The molecule has 0 aliphatic carbocycles. The number of amides is 1. The van der Waals surface area contributed by atoms with Gasteiger partial charge in [-0.1, -0.05) is 0 Å². The van der Waals surface area contributed by atoms with E-state index in [0.717, 1.165) is 30.6 Å². The normalized spacial score (nSPS) is 14.0. The third-order valence-corrected chi connectivity index (χ3v) is 3.98. The van der Waals surface area contributed by atoms with Gasteiger partial charge in [0, 0.05) is 31.0 Å². The predicted octanol–water partition coefficient (Wildman–Crippen LogP) is 1.14. The topological polar surface area (TPSA) is 104 Å². The molecule has 0 bridgehead atoms. The molecule has 8 heteroatoms. The van der Waals surface area contributed by atoms with Crippen LogP contribution in [0.25, 0.3) is 0 Å². The fraction of sp³-hybridized carbons (Fsp3) is 0.353. The monoisotopic (exact) mass is 338 g/mol. The highest BCUT2D eigenvalue weighted by Crippen LogP contribution is 2.15. The van der Waals surface area contributed by atoms with Gasteiger partial charge in [0.15, 0.2) is 0 Å². The van der Waals surface area contributed by atoms with E-state index in [-0.39, 0.29) is 23.7 Å². The average Bonchev–Trinajstić information content (AvgIpc) is 2.64. The van der Waals surface area contributed by atoms with Crippen molar-refractivity contribution in [3.63, 3.8) is 0 Å². The Hall–Kier alpha value is -3.21. The summed E-state index contributed by atoms with van der Waals surface area (Å²) in [6.07, 6.45) is 4.85. The van der Waals surface area contributed by atoms with Crippen LogP contribution in [0, 0.1) is 11.3 Å². The van der Waals surface area contributed by atoms with E-state index in [9.17, 15) is 9.59 Å². The van der Waals surface area contributed by atoms with Gasteiger partial charge in [-0.05, 0) is 37.5 Å². The Labute approximate surface area is 144 Å². The number of carbonyl (C=O) groups excluding carboxylic acids is 1. The van der Waals surface area contributed by atoms with Crippen LogP contribution in [0.1, 0.15) is 25.0 Å². The van der Waals surface area contributed by atoms with Gasteiger partial charge in [-0.15, -0.1) is 0 Å². The number of nitrogens with zero attached hydrogens (tertiary/aromatic N) is 5. The number of rotatable bonds is 4. The summed E-state index contributed by atoms with van der Waals surface area (Å²) in [4.78, 5) is 30.2. The Morgan fingerprint density at radius 3 is 2.80 bits per heavy atom. The van der Waals surface area contributed by atoms with Gasteiger partial charge in [-0.25, -0.2) is 9.67 Å². The number of aromatic nitrogens is 3. The summed E-state index contributed by atoms with van der Waals surface area (Å²) in [6.45, 7) is 1.63. The first kappa shape index (κ1) is 16.6. The Morgan fingerprint density at radius 1 is 1.24 bits per heavy atom. The molecule has 3 rings (SSSR count). The largest absolute Gasteiger partial charge is 0.355 e. The second-order valence-corrected chi connectivity index (χ2v) is 5.82. The number of pyridine rings is 1. The third-order valence-electron chi connectivity index (χ3n) is 3.98. The predicted molar refractivity (Wildman–Crippen MR) is 92.1 cm³/mol. The van der Waals surface area contributed by atoms with Crippen LogP contribution in [0.15, 0.2) is 35.3 Å². The van der Waals surface area contributed by atoms with Gasteiger partial charge in [-0.2, -0.15) is 10.4 Å². The van der Waals surface area contributed by atoms with Crippen LogP contribution in [0.2, 0.25) is 0 Å². The number of carbonyl (C=O) groups is 1. The molecule has 0 saturated carbocycles. The van der Waals surface area contributed by atoms with E-state index in [2.05, 4.69) is 20.3 Å². The summed E-state index contributed by atoms with van der Waals surface area (Å²) in [7, 11) is 0. The molecule has 3 heterocycles. The molecule has 2 aromatic heterocycles. The minimum absolute atomic E-state index is 0.190. The zero-order valence-electron chi connectivity index (χ0n) is 13.7. The molecule has 2 aromatic rings. The highest BCUT2D eigenvalue weighted by molar-refractivity contribution is 5.90. The van der Waals surface area contributed by atoms with Crippen molar-refractivity contribution in [2.75, 3.05) is 23.3 Å². The lowest BCUT2D eigenvalue weighted by molar-refractivity contribution is -0.117. The lowest BCUT2D eigenvalue weighted by Crippen LogP contribution is -2.34. The van der Waals surface area contributed by atoms with E-state index in [4.69, 9.17) is 5.26 Å². The van der Waals surface area contributed by atoms with Crippen LogP contribution in [0.5, 0.6) is 0 Å². The summed E-state index contributed by atoms with van der Waals surface area (Å²) < 4.78 is 1.16. The van der Waals surface area contributed by atoms with Gasteiger partial charge in [0.2, 0.25) is 5.91 Å². The maximum atomic E-state index is 12.2. The van der Waals surface area contributed by atoms with Gasteiger partial charge in [0.25, 0.3) is 5.56 Å². The fourth-order valence-corrected chi connectivity index (χ4v) is 2.75. The number of nitriles is 1. The first-order chi connectivity index (χ1) is 12.2. The summed E-state index contributed by atoms with van der Waals surface area (Å²) in [5, 5.41) is 15.8. The van der Waals surface area contributed by atoms with Crippen LogP contribution in [0.3, 0.4) is 0 Å². The molecule has 1 saturated heterocycles. The molecular weight excluding hydrogens is 320 g/mol. The summed E-state index contributed by atoms with van der Waals surface area (Å²) >= 11 is 0. The smallest absolute Gasteiger partial charge is 0.267 e. The van der Waals surface area contributed by atoms with Crippen LogP contribution >= 0.6 is 0 Å². The third kappa shape index (κ3) is 4.20. The molecule has 0 spiro atoms. The molecule has 25 heavy (non-hydrogen) atoms. The van der Waals surface area contributed by atoms with Crippen molar-refractivity contribution in [1.82, 2.24) is 14.8 Å². The molecule has 128 valence electrons. The number of anilines is 2. The lowest BCUT2D eigenvalue weighted by atomic mass is 10.1. The van der Waals surface area contributed by atoms with Gasteiger partial charge in [-0.3, -0.25) is 9.59 Å². The Kier molecular flexibility index (Phi) is 5.04. The molecule has 1 aliphatic rings. The highest BCUT2D eigenvalue weighted by Gasteiger charge is 2.14. The van der Waals surface area contributed by atoms with Crippen molar-refractivity contribution < 1.29 is 4.79 Å². The molecular formula is C17H18N6O2. The molecule has 1 amide bonds. The Morgan fingerprint density at radius 2 is 2.04 bits per heavy atom. The molecule has 0 atom stereocenters. The minimum Gasteiger partial charge on any atom is -0.355 e. The van der Waals surface area contributed by atoms with Crippen molar-refractivity contribution in [3.05, 3.63) is 46.5 Å². The van der Waals surface area contributed by atoms with Gasteiger partial charge in [0.05, 0.1) is 0 Å². The van der Waals surface area contributed by atoms with Crippen molar-refractivity contribution in [1.29, 1.82) is 5.26 Å². The number of hydrogen-bond acceptors (Lipinski definition) is 6. The number of piperidine rings is 1. The first-order valence-electron chi connectivity index (χ1n) is 8.15. The Balaban J connectivity index is 1.72. The van der Waals surface area contributed by atoms with Gasteiger partial charge in [0.1, 0.15) is 24.1 Å². The Bertz CT molecular complexity index is 864. The molecule has 1 fully saturated rings. The summed E-state index contributed by atoms with van der Waals surface area (Å²) in [6, 6.07) is 8.09. The highest BCUT2D eigenvalue weighted by atomic mass is 16.2. The summed E-state index contributed by atoms with van der Waals surface area (Å²) in [5.74, 6) is 0.322. The van der Waals surface area contributed by atoms with Crippen molar-refractivity contribution >= 4 is 17.4 Å². The van der Waals surface area contributed by atoms with Gasteiger partial charge >= 0.3 is 0 Å². The van der Waals surface area contributed by atoms with E-state index in [1.54, 1.807) is 12.1 Å². The summed E-state index contributed by atoms with van der Waals surface area (Å²) in [5.41, 5.74) is 0.334. The van der Waals surface area contributed by atoms with Crippen molar-refractivity contribution in [3.8, 4) is 6.07 Å². The maximum Gasteiger partial charge on any atom is 0.267 e. The van der Waals surface area contributed by atoms with E-state index in [1.165, 1.54) is 24.8 Å². The second kappa shape index (κ2) is 7.57. The zero-order chi connectivity index (χ0) is 17.6. The molecule has 0 unspecified atom stereocenters. The van der Waals surface area contributed by atoms with Crippen molar-refractivity contribution in [2.24, 2.45) is 0 Å². The molecule has 0 radical (unpaired) electrons. The first-order valence-corrected chi connectivity index (χ1v) is 8.15. The molecule has 1 N–H and O–H groups in total. The van der Waals surface area contributed by atoms with Crippen LogP contribution < -0.4 is 15.8 Å². The zero-order valence-corrected chi connectivity index (χ0v) is 13.7. The fourth-order valence-electron chi connectivity index (χ4n) is 2.75. The lowest BCUT2D eigenvalue weighted by Gasteiger charge is -2.27. The van der Waals surface area contributed by atoms with Crippen LogP contribution in [-0.2, 0) is 11.3 Å². The quantitative estimate of drug-likeness (QED) is 0.896. The van der Waals surface area contributed by atoms with Crippen LogP contribution in [0.4, 0.5) is 11.5 Å². The van der Waals surface area contributed by atoms with E-state index >= 15 is 0 Å². The number of nitrogens with one attached hydrogen (secondary N) is 1. The van der Waals surface area contributed by atoms with Crippen molar-refractivity contribution in [2.45, 2.75) is 25.8 Å². The molecule has 8 nitrogen and oxygen atoms in total. The minimum atomic E-state index is -0.388. The van der Waals surface area contributed by atoms with E-state index < -0.39 is 0 Å². The van der Waals surface area contributed by atoms with E-state index in [1.807, 2.05) is 6.07 Å². The standard InChI is InChI=1S/C17H18N6O2/c18-11-14-10-13(6-7-19-14)20-16(24)12-23-17(25)5-4-15(21-23)22-8-2-1-3-9-22/h4-7,10H,1-3,8-9,12H2,(H,19,20,24). The average molecular weight is 338 g/mol.